The van der Waals surface area contributed by atoms with Gasteiger partial charge in [0.1, 0.15) is 0 Å². The Hall–Kier alpha value is -0.793. The zero-order valence-electron chi connectivity index (χ0n) is 6.89. The minimum absolute atomic E-state index is 0.254. The van der Waals surface area contributed by atoms with Crippen LogP contribution >= 0.6 is 0 Å². The quantitative estimate of drug-likeness (QED) is 0.362. The molecular weight excluding hydrogens is 156 g/mol. The van der Waals surface area contributed by atoms with Gasteiger partial charge in [-0.1, -0.05) is 20.4 Å². The first kappa shape index (κ1) is 10.2. The van der Waals surface area contributed by atoms with Gasteiger partial charge in [0.15, 0.2) is 0 Å². The van der Waals surface area contributed by atoms with Gasteiger partial charge in [-0.2, -0.15) is 0 Å². The normalized spacial score (nSPS) is 9.00. The predicted octanol–water partition coefficient (Wildman–Crippen LogP) is 1.56. The van der Waals surface area contributed by atoms with Crippen LogP contribution in [0, 0.1) is 5.92 Å². The topological polar surface area (TPSA) is 26.3 Å². The van der Waals surface area contributed by atoms with Crippen LogP contribution in [0.4, 0.5) is 0 Å². The lowest BCUT2D eigenvalue weighted by Crippen LogP contribution is -2.07. The van der Waals surface area contributed by atoms with Crippen molar-refractivity contribution < 1.29 is 9.22 Å². The summed E-state index contributed by atoms with van der Waals surface area (Å²) in [5, 5.41) is 0. The van der Waals surface area contributed by atoms with Crippen LogP contribution in [0.5, 0.6) is 0 Å². The standard InChI is InChI=1S/C8H12O2Si/c1-4-5-8(9)10-11-6-7(2)3/h5,7H,1,6H2,2-3H3. The molecule has 0 saturated carbocycles. The summed E-state index contributed by atoms with van der Waals surface area (Å²) in [6.07, 6.45) is 1.20. The fourth-order valence-corrected chi connectivity index (χ4v) is 1.01. The number of carbonyl (C=O) groups excluding carboxylic acids is 1. The highest BCUT2D eigenvalue weighted by Crippen LogP contribution is 1.98. The fourth-order valence-electron chi connectivity index (χ4n) is 0.392. The predicted molar refractivity (Wildman–Crippen MR) is 45.2 cm³/mol. The Morgan fingerprint density at radius 3 is 2.91 bits per heavy atom. The summed E-state index contributed by atoms with van der Waals surface area (Å²) in [4.78, 5) is 10.7. The van der Waals surface area contributed by atoms with Crippen molar-refractivity contribution in [1.29, 1.82) is 0 Å². The van der Waals surface area contributed by atoms with E-state index in [0.29, 0.717) is 5.92 Å². The number of carbonyl (C=O) groups is 1. The van der Waals surface area contributed by atoms with Crippen LogP contribution < -0.4 is 0 Å². The van der Waals surface area contributed by atoms with Crippen LogP contribution in [-0.4, -0.2) is 15.7 Å². The molecule has 0 atom stereocenters. The molecule has 0 aromatic heterocycles. The number of hydrogen-bond donors (Lipinski definition) is 0. The van der Waals surface area contributed by atoms with Crippen molar-refractivity contribution in [3.8, 4) is 0 Å². The Morgan fingerprint density at radius 2 is 2.45 bits per heavy atom. The van der Waals surface area contributed by atoms with Crippen LogP contribution in [0.25, 0.3) is 0 Å². The molecule has 0 aliphatic rings. The van der Waals surface area contributed by atoms with Gasteiger partial charge in [-0.25, -0.2) is 4.79 Å². The molecule has 0 unspecified atom stereocenters. The van der Waals surface area contributed by atoms with Gasteiger partial charge in [0.05, 0.1) is 6.08 Å². The van der Waals surface area contributed by atoms with Gasteiger partial charge >= 0.3 is 15.7 Å². The summed E-state index contributed by atoms with van der Waals surface area (Å²) in [7, 11) is 0.254. The highest BCUT2D eigenvalue weighted by molar-refractivity contribution is 6.31. The summed E-state index contributed by atoms with van der Waals surface area (Å²) in [6, 6.07) is 0.927. The van der Waals surface area contributed by atoms with Gasteiger partial charge in [-0.15, -0.1) is 5.73 Å². The summed E-state index contributed by atoms with van der Waals surface area (Å²) in [5.41, 5.74) is 2.36. The van der Waals surface area contributed by atoms with Crippen molar-refractivity contribution in [1.82, 2.24) is 0 Å². The van der Waals surface area contributed by atoms with Gasteiger partial charge in [0, 0.05) is 0 Å². The summed E-state index contributed by atoms with van der Waals surface area (Å²) in [6.45, 7) is 7.44. The van der Waals surface area contributed by atoms with Crippen LogP contribution in [-0.2, 0) is 9.22 Å². The van der Waals surface area contributed by atoms with Crippen LogP contribution in [0.3, 0.4) is 0 Å². The first-order valence-electron chi connectivity index (χ1n) is 3.46. The molecule has 0 rings (SSSR count). The second-order valence-electron chi connectivity index (χ2n) is 2.51. The Balaban J connectivity index is 3.39. The molecule has 0 N–H and O–H groups in total. The second kappa shape index (κ2) is 5.95. The molecular formula is C8H12O2Si. The monoisotopic (exact) mass is 168 g/mol. The van der Waals surface area contributed by atoms with Gasteiger partial charge < -0.3 is 4.43 Å². The van der Waals surface area contributed by atoms with Gasteiger partial charge in [0.2, 0.25) is 0 Å². The van der Waals surface area contributed by atoms with E-state index in [1.807, 2.05) is 0 Å². The third kappa shape index (κ3) is 7.10. The molecule has 2 radical (unpaired) electrons. The van der Waals surface area contributed by atoms with Crippen LogP contribution in [0.2, 0.25) is 6.04 Å². The van der Waals surface area contributed by atoms with E-state index in [2.05, 4.69) is 26.2 Å². The van der Waals surface area contributed by atoms with Crippen LogP contribution in [0.1, 0.15) is 13.8 Å². The molecule has 0 bridgehead atoms. The maximum absolute atomic E-state index is 10.7. The Morgan fingerprint density at radius 1 is 1.82 bits per heavy atom. The third-order valence-corrected chi connectivity index (χ3v) is 2.21. The minimum Gasteiger partial charge on any atom is -0.513 e. The maximum atomic E-state index is 10.7. The van der Waals surface area contributed by atoms with Crippen LogP contribution in [0.15, 0.2) is 18.4 Å². The molecule has 60 valence electrons. The lowest BCUT2D eigenvalue weighted by molar-refractivity contribution is -0.128. The first-order valence-corrected chi connectivity index (χ1v) is 4.58. The molecule has 0 fully saturated rings. The van der Waals surface area contributed by atoms with E-state index in [9.17, 15) is 4.79 Å². The zero-order valence-corrected chi connectivity index (χ0v) is 7.89. The Bertz CT molecular complexity index is 169. The highest BCUT2D eigenvalue weighted by atomic mass is 28.2. The Kier molecular flexibility index (Phi) is 5.52. The van der Waals surface area contributed by atoms with Gasteiger partial charge in [-0.05, 0) is 12.0 Å². The van der Waals surface area contributed by atoms with Crippen molar-refractivity contribution >= 4 is 15.7 Å². The molecule has 2 nitrogen and oxygen atoms in total. The molecule has 0 spiro atoms. The average Bonchev–Trinajstić information content (AvgIpc) is 1.87. The van der Waals surface area contributed by atoms with E-state index in [1.54, 1.807) is 0 Å². The molecule has 0 aromatic rings. The number of rotatable bonds is 4. The van der Waals surface area contributed by atoms with Crippen molar-refractivity contribution in [2.24, 2.45) is 5.92 Å². The van der Waals surface area contributed by atoms with E-state index in [0.717, 1.165) is 6.04 Å². The maximum Gasteiger partial charge on any atom is 0.325 e. The van der Waals surface area contributed by atoms with Crippen molar-refractivity contribution in [3.63, 3.8) is 0 Å². The number of hydrogen-bond acceptors (Lipinski definition) is 2. The first-order chi connectivity index (χ1) is 5.16. The molecule has 0 aromatic carbocycles. The van der Waals surface area contributed by atoms with E-state index in [-0.39, 0.29) is 15.7 Å². The Labute approximate surface area is 69.9 Å². The molecule has 0 heterocycles. The molecule has 0 saturated heterocycles. The zero-order chi connectivity index (χ0) is 8.69. The summed E-state index contributed by atoms with van der Waals surface area (Å²) < 4.78 is 4.82. The van der Waals surface area contributed by atoms with E-state index < -0.39 is 0 Å². The van der Waals surface area contributed by atoms with Gasteiger partial charge in [0.25, 0.3) is 0 Å². The molecule has 0 amide bonds. The van der Waals surface area contributed by atoms with Gasteiger partial charge in [-0.3, -0.25) is 0 Å². The molecule has 3 heteroatoms. The fraction of sp³-hybridized carbons (Fsp3) is 0.500. The largest absolute Gasteiger partial charge is 0.513 e. The second-order valence-corrected chi connectivity index (χ2v) is 3.41. The smallest absolute Gasteiger partial charge is 0.325 e. The van der Waals surface area contributed by atoms with E-state index in [1.165, 1.54) is 6.08 Å². The van der Waals surface area contributed by atoms with E-state index >= 15 is 0 Å². The molecule has 0 aliphatic heterocycles. The molecule has 11 heavy (non-hydrogen) atoms. The average molecular weight is 168 g/mol. The SMILES string of the molecule is C=C=CC(=O)O[Si]CC(C)C. The lowest BCUT2D eigenvalue weighted by atomic mass is 10.3. The molecule has 0 aliphatic carbocycles. The minimum atomic E-state index is -0.348. The lowest BCUT2D eigenvalue weighted by Gasteiger charge is -2.00. The summed E-state index contributed by atoms with van der Waals surface area (Å²) >= 11 is 0. The van der Waals surface area contributed by atoms with Crippen molar-refractivity contribution in [2.45, 2.75) is 19.9 Å². The third-order valence-electron chi connectivity index (χ3n) is 0.884. The van der Waals surface area contributed by atoms with Crippen molar-refractivity contribution in [3.05, 3.63) is 18.4 Å². The van der Waals surface area contributed by atoms with Crippen molar-refractivity contribution in [2.75, 3.05) is 0 Å². The highest BCUT2D eigenvalue weighted by Gasteiger charge is 2.00. The van der Waals surface area contributed by atoms with E-state index in [4.69, 9.17) is 4.43 Å². The summed E-state index contributed by atoms with van der Waals surface area (Å²) in [5.74, 6) is 0.229.